The van der Waals surface area contributed by atoms with E-state index in [0.29, 0.717) is 25.7 Å². The zero-order valence-corrected chi connectivity index (χ0v) is 65.6. The Morgan fingerprint density at radius 3 is 0.602 bits per heavy atom. The third kappa shape index (κ3) is 72.4. The van der Waals surface area contributed by atoms with Crippen LogP contribution < -0.4 is 0 Å². The predicted molar refractivity (Wildman–Crippen MR) is 400 cm³/mol. The first-order valence-electron chi connectivity index (χ1n) is 41.3. The van der Waals surface area contributed by atoms with Crippen LogP contribution in [0.4, 0.5) is 0 Å². The number of phosphoric ester groups is 2. The van der Waals surface area contributed by atoms with Crippen molar-refractivity contribution >= 4 is 39.5 Å². The van der Waals surface area contributed by atoms with E-state index in [9.17, 15) is 43.2 Å². The standard InChI is InChI=1S/C79H154O17P2/c1-5-9-13-17-21-25-28-31-33-35-36-38-40-43-46-50-54-58-62-66-79(84)96-75(70-90-77(82)64-60-56-52-48-44-42-39-37-34-32-29-26-22-18-14-10-6-2)72-94-98(87,88)92-68-73(80)67-91-97(85,86)93-71-74(69-89-76(81)63-59-55-51-47-24-20-16-12-8-4)95-78(83)65-61-57-53-49-45-41-30-27-23-19-15-11-7-3/h73-75,80H,5-72H2,1-4H3,(H,85,86)(H,87,88)/t73-,74+,75+/m0/s1. The van der Waals surface area contributed by atoms with Gasteiger partial charge in [0, 0.05) is 25.7 Å². The second-order valence-electron chi connectivity index (χ2n) is 28.5. The van der Waals surface area contributed by atoms with E-state index >= 15 is 0 Å². The van der Waals surface area contributed by atoms with E-state index in [0.717, 1.165) is 89.9 Å². The maximum Gasteiger partial charge on any atom is 0.472 e. The lowest BCUT2D eigenvalue weighted by Gasteiger charge is -2.21. The highest BCUT2D eigenvalue weighted by atomic mass is 31.2. The zero-order valence-electron chi connectivity index (χ0n) is 63.8. The minimum Gasteiger partial charge on any atom is -0.462 e. The molecule has 0 heterocycles. The topological polar surface area (TPSA) is 237 Å². The second kappa shape index (κ2) is 73.4. The van der Waals surface area contributed by atoms with E-state index in [4.69, 9.17) is 37.0 Å². The van der Waals surface area contributed by atoms with Crippen LogP contribution in [0.1, 0.15) is 426 Å². The van der Waals surface area contributed by atoms with Gasteiger partial charge in [-0.25, -0.2) is 9.13 Å². The Balaban J connectivity index is 5.21. The van der Waals surface area contributed by atoms with Gasteiger partial charge in [-0.05, 0) is 25.7 Å². The first-order chi connectivity index (χ1) is 47.7. The third-order valence-corrected chi connectivity index (χ3v) is 20.5. The Bertz CT molecular complexity index is 1860. The number of esters is 4. The fourth-order valence-electron chi connectivity index (χ4n) is 12.3. The summed E-state index contributed by atoms with van der Waals surface area (Å²) in [6.45, 7) is 5.00. The van der Waals surface area contributed by atoms with Gasteiger partial charge in [-0.2, -0.15) is 0 Å². The third-order valence-electron chi connectivity index (χ3n) is 18.6. The Morgan fingerprint density at radius 2 is 0.408 bits per heavy atom. The molecular formula is C79H154O17P2. The summed E-state index contributed by atoms with van der Waals surface area (Å²) < 4.78 is 68.6. The number of rotatable bonds is 80. The summed E-state index contributed by atoms with van der Waals surface area (Å²) in [5, 5.41) is 10.6. The van der Waals surface area contributed by atoms with Crippen LogP contribution in [-0.2, 0) is 65.4 Å². The lowest BCUT2D eigenvalue weighted by molar-refractivity contribution is -0.161. The van der Waals surface area contributed by atoms with Gasteiger partial charge >= 0.3 is 39.5 Å². The number of phosphoric acid groups is 2. The van der Waals surface area contributed by atoms with Crippen molar-refractivity contribution in [2.75, 3.05) is 39.6 Å². The molecule has 0 fully saturated rings. The van der Waals surface area contributed by atoms with E-state index < -0.39 is 97.5 Å². The minimum absolute atomic E-state index is 0.108. The van der Waals surface area contributed by atoms with Gasteiger partial charge in [0.2, 0.25) is 0 Å². The summed E-state index contributed by atoms with van der Waals surface area (Å²) in [5.74, 6) is -2.11. The molecule has 0 bridgehead atoms. The first kappa shape index (κ1) is 96.1. The molecule has 98 heavy (non-hydrogen) atoms. The van der Waals surface area contributed by atoms with Crippen LogP contribution in [0.25, 0.3) is 0 Å². The van der Waals surface area contributed by atoms with Crippen molar-refractivity contribution in [3.63, 3.8) is 0 Å². The van der Waals surface area contributed by atoms with Crippen molar-refractivity contribution in [1.82, 2.24) is 0 Å². The molecule has 0 saturated carbocycles. The van der Waals surface area contributed by atoms with Crippen molar-refractivity contribution < 1.29 is 80.2 Å². The summed E-state index contributed by atoms with van der Waals surface area (Å²) in [6.07, 6.45) is 65.2. The number of carbonyl (C=O) groups is 4. The number of unbranched alkanes of at least 4 members (excludes halogenated alkanes) is 54. The molecule has 0 aromatic carbocycles. The van der Waals surface area contributed by atoms with E-state index in [-0.39, 0.29) is 25.7 Å². The highest BCUT2D eigenvalue weighted by Crippen LogP contribution is 2.45. The van der Waals surface area contributed by atoms with Crippen LogP contribution in [0.2, 0.25) is 0 Å². The molecule has 0 aliphatic heterocycles. The summed E-state index contributed by atoms with van der Waals surface area (Å²) >= 11 is 0. The van der Waals surface area contributed by atoms with Gasteiger partial charge in [-0.15, -0.1) is 0 Å². The van der Waals surface area contributed by atoms with Crippen LogP contribution in [0, 0.1) is 0 Å². The van der Waals surface area contributed by atoms with E-state index in [1.807, 2.05) is 0 Å². The SMILES string of the molecule is CCCCCCCCCCCCCCCCCCCCCC(=O)O[C@H](COC(=O)CCCCCCCCCCCCCCCCCCC)COP(=O)(O)OC[C@@H](O)COP(=O)(O)OC[C@@H](COC(=O)CCCCCCCCCCC)OC(=O)CCCCCCCCCCCCCCC. The second-order valence-corrected chi connectivity index (χ2v) is 31.4. The lowest BCUT2D eigenvalue weighted by atomic mass is 10.0. The van der Waals surface area contributed by atoms with Gasteiger partial charge in [-0.3, -0.25) is 37.3 Å². The number of ether oxygens (including phenoxy) is 4. The highest BCUT2D eigenvalue weighted by Gasteiger charge is 2.30. The molecule has 0 radical (unpaired) electrons. The van der Waals surface area contributed by atoms with Gasteiger partial charge in [-0.1, -0.05) is 374 Å². The van der Waals surface area contributed by atoms with Gasteiger partial charge in [0.1, 0.15) is 19.3 Å². The maximum atomic E-state index is 13.1. The van der Waals surface area contributed by atoms with Gasteiger partial charge < -0.3 is 33.8 Å². The highest BCUT2D eigenvalue weighted by molar-refractivity contribution is 7.47. The molecule has 0 aromatic rings. The van der Waals surface area contributed by atoms with Crippen LogP contribution in [0.15, 0.2) is 0 Å². The van der Waals surface area contributed by atoms with E-state index in [2.05, 4.69) is 27.7 Å². The van der Waals surface area contributed by atoms with Crippen molar-refractivity contribution in [3.05, 3.63) is 0 Å². The normalized spacial score (nSPS) is 13.8. The molecule has 0 spiro atoms. The van der Waals surface area contributed by atoms with Crippen LogP contribution >= 0.6 is 15.6 Å². The number of aliphatic hydroxyl groups is 1. The lowest BCUT2D eigenvalue weighted by Crippen LogP contribution is -2.30. The number of carbonyl (C=O) groups excluding carboxylic acids is 4. The summed E-state index contributed by atoms with van der Waals surface area (Å²) in [4.78, 5) is 72.9. The number of hydrogen-bond donors (Lipinski definition) is 3. The van der Waals surface area contributed by atoms with Crippen molar-refractivity contribution in [1.29, 1.82) is 0 Å². The first-order valence-corrected chi connectivity index (χ1v) is 44.3. The van der Waals surface area contributed by atoms with E-state index in [1.54, 1.807) is 0 Å². The number of hydrogen-bond acceptors (Lipinski definition) is 15. The van der Waals surface area contributed by atoms with Crippen molar-refractivity contribution in [3.8, 4) is 0 Å². The van der Waals surface area contributed by atoms with Gasteiger partial charge in [0.25, 0.3) is 0 Å². The van der Waals surface area contributed by atoms with E-state index in [1.165, 1.54) is 257 Å². The van der Waals surface area contributed by atoms with Crippen molar-refractivity contribution in [2.24, 2.45) is 0 Å². The molecule has 2 unspecified atom stereocenters. The molecule has 0 aromatic heterocycles. The van der Waals surface area contributed by atoms with Crippen LogP contribution in [0.5, 0.6) is 0 Å². The fraction of sp³-hybridized carbons (Fsp3) is 0.949. The molecule has 582 valence electrons. The molecule has 3 N–H and O–H groups in total. The molecule has 0 aliphatic rings. The maximum absolute atomic E-state index is 13.1. The van der Waals surface area contributed by atoms with Crippen molar-refractivity contribution in [2.45, 2.75) is 444 Å². The summed E-state index contributed by atoms with van der Waals surface area (Å²) in [6, 6.07) is 0. The Labute approximate surface area is 600 Å². The average molecular weight is 1440 g/mol. The quantitative estimate of drug-likeness (QED) is 0.0222. The van der Waals surface area contributed by atoms with Gasteiger partial charge in [0.15, 0.2) is 12.2 Å². The molecular weight excluding hydrogens is 1280 g/mol. The van der Waals surface area contributed by atoms with Gasteiger partial charge in [0.05, 0.1) is 26.4 Å². The Kier molecular flexibility index (Phi) is 71.9. The Hall–Kier alpha value is -1.94. The smallest absolute Gasteiger partial charge is 0.462 e. The molecule has 0 saturated heterocycles. The van der Waals surface area contributed by atoms with Crippen LogP contribution in [-0.4, -0.2) is 96.7 Å². The summed E-state index contributed by atoms with van der Waals surface area (Å²) in [7, 11) is -9.91. The zero-order chi connectivity index (χ0) is 71.8. The fourth-order valence-corrected chi connectivity index (χ4v) is 13.9. The minimum atomic E-state index is -4.96. The predicted octanol–water partition coefficient (Wildman–Crippen LogP) is 23.8. The van der Waals surface area contributed by atoms with Crippen LogP contribution in [0.3, 0.4) is 0 Å². The molecule has 19 heteroatoms. The molecule has 0 aliphatic carbocycles. The largest absolute Gasteiger partial charge is 0.472 e. The molecule has 0 amide bonds. The molecule has 0 rings (SSSR count). The molecule has 17 nitrogen and oxygen atoms in total. The molecule has 5 atom stereocenters. The monoisotopic (exact) mass is 1440 g/mol. The Morgan fingerprint density at radius 1 is 0.245 bits per heavy atom. The summed E-state index contributed by atoms with van der Waals surface area (Å²) in [5.41, 5.74) is 0. The average Bonchev–Trinajstić information content (AvgIpc) is 1.50. The number of aliphatic hydroxyl groups excluding tert-OH is 1.